The smallest absolute Gasteiger partial charge is 0.343 e. The number of hydrogen-bond donors (Lipinski definition) is 0. The lowest BCUT2D eigenvalue weighted by atomic mass is 10.1. The maximum Gasteiger partial charge on any atom is 0.343 e. The summed E-state index contributed by atoms with van der Waals surface area (Å²) >= 11 is 0. The number of benzene rings is 1. The number of ether oxygens (including phenoxy) is 1. The lowest BCUT2D eigenvalue weighted by Crippen LogP contribution is -2.04. The topological polar surface area (TPSA) is 26.3 Å². The van der Waals surface area contributed by atoms with E-state index in [0.717, 1.165) is 11.8 Å². The molecule has 0 heterocycles. The fourth-order valence-corrected chi connectivity index (χ4v) is 1.19. The second-order valence-electron chi connectivity index (χ2n) is 2.72. The van der Waals surface area contributed by atoms with Crippen molar-refractivity contribution < 1.29 is 9.53 Å². The van der Waals surface area contributed by atoms with Crippen LogP contribution in [0.3, 0.4) is 0 Å². The summed E-state index contributed by atoms with van der Waals surface area (Å²) in [5.41, 5.74) is 1.47. The molecular weight excluding hydrogens is 176 g/mol. The van der Waals surface area contributed by atoms with Crippen LogP contribution in [-0.2, 0) is 11.2 Å². The van der Waals surface area contributed by atoms with Crippen molar-refractivity contribution in [3.8, 4) is 0 Å². The first-order valence-electron chi connectivity index (χ1n) is 4.30. The van der Waals surface area contributed by atoms with Crippen molar-refractivity contribution in [1.29, 1.82) is 0 Å². The average molecular weight is 188 g/mol. The van der Waals surface area contributed by atoms with Crippen LogP contribution >= 0.6 is 0 Å². The third-order valence-electron chi connectivity index (χ3n) is 1.79. The third kappa shape index (κ3) is 2.33. The molecule has 0 radical (unpaired) electrons. The van der Waals surface area contributed by atoms with Gasteiger partial charge in [0.15, 0.2) is 0 Å². The van der Waals surface area contributed by atoms with Crippen LogP contribution in [0, 0.1) is 0 Å². The van der Waals surface area contributed by atoms with Crippen LogP contribution in [0.15, 0.2) is 49.8 Å². The zero-order chi connectivity index (χ0) is 10.4. The predicted molar refractivity (Wildman–Crippen MR) is 56.0 cm³/mol. The highest BCUT2D eigenvalue weighted by atomic mass is 16.5. The van der Waals surface area contributed by atoms with Gasteiger partial charge in [0.2, 0.25) is 0 Å². The summed E-state index contributed by atoms with van der Waals surface area (Å²) in [6.45, 7) is 6.97. The fraction of sp³-hybridized carbons (Fsp3) is 0.0833. The molecule has 14 heavy (non-hydrogen) atoms. The normalized spacial score (nSPS) is 9.14. The molecule has 0 aliphatic rings. The van der Waals surface area contributed by atoms with E-state index in [1.807, 2.05) is 12.1 Å². The molecule has 0 saturated heterocycles. The van der Waals surface area contributed by atoms with Gasteiger partial charge in [-0.25, -0.2) is 4.79 Å². The van der Waals surface area contributed by atoms with E-state index in [4.69, 9.17) is 4.74 Å². The molecule has 0 spiro atoms. The van der Waals surface area contributed by atoms with Crippen molar-refractivity contribution in [3.05, 3.63) is 60.9 Å². The molecule has 0 aliphatic heterocycles. The molecule has 0 unspecified atom stereocenters. The van der Waals surface area contributed by atoms with Crippen molar-refractivity contribution >= 4 is 5.97 Å². The van der Waals surface area contributed by atoms with Gasteiger partial charge < -0.3 is 4.74 Å². The van der Waals surface area contributed by atoms with Gasteiger partial charge in [-0.3, -0.25) is 0 Å². The molecule has 0 fully saturated rings. The molecule has 0 atom stereocenters. The molecular formula is C12H12O2. The minimum Gasteiger partial charge on any atom is -0.432 e. The fourth-order valence-electron chi connectivity index (χ4n) is 1.19. The average Bonchev–Trinajstić information content (AvgIpc) is 2.19. The van der Waals surface area contributed by atoms with Crippen LogP contribution in [0.5, 0.6) is 0 Å². The second-order valence-corrected chi connectivity index (χ2v) is 2.72. The summed E-state index contributed by atoms with van der Waals surface area (Å²) < 4.78 is 4.71. The van der Waals surface area contributed by atoms with E-state index in [-0.39, 0.29) is 5.97 Å². The summed E-state index contributed by atoms with van der Waals surface area (Å²) in [5, 5.41) is 0. The lowest BCUT2D eigenvalue weighted by molar-refractivity contribution is 0.0663. The molecule has 0 N–H and O–H groups in total. The number of carbonyl (C=O) groups is 1. The Morgan fingerprint density at radius 1 is 1.36 bits per heavy atom. The molecule has 2 nitrogen and oxygen atoms in total. The van der Waals surface area contributed by atoms with E-state index in [2.05, 4.69) is 13.2 Å². The van der Waals surface area contributed by atoms with Gasteiger partial charge in [-0.05, 0) is 18.1 Å². The van der Waals surface area contributed by atoms with E-state index in [9.17, 15) is 4.79 Å². The van der Waals surface area contributed by atoms with Crippen molar-refractivity contribution in [3.63, 3.8) is 0 Å². The summed E-state index contributed by atoms with van der Waals surface area (Å²) in [6.07, 6.45) is 3.54. The predicted octanol–water partition coefficient (Wildman–Crippen LogP) is 2.72. The largest absolute Gasteiger partial charge is 0.432 e. The number of allylic oxidation sites excluding steroid dienone is 1. The number of rotatable bonds is 4. The maximum atomic E-state index is 11.4. The van der Waals surface area contributed by atoms with Crippen molar-refractivity contribution in [2.75, 3.05) is 0 Å². The first-order chi connectivity index (χ1) is 6.79. The van der Waals surface area contributed by atoms with Crippen LogP contribution in [0.1, 0.15) is 15.9 Å². The van der Waals surface area contributed by atoms with Gasteiger partial charge in [0.05, 0.1) is 11.8 Å². The van der Waals surface area contributed by atoms with Gasteiger partial charge in [0, 0.05) is 0 Å². The Bertz CT molecular complexity index is 353. The standard InChI is InChI=1S/C12H12O2/c1-3-7-10-8-5-6-9-11(10)12(13)14-4-2/h3-6,8-9H,1-2,7H2. The molecule has 1 rings (SSSR count). The first-order valence-corrected chi connectivity index (χ1v) is 4.30. The van der Waals surface area contributed by atoms with Gasteiger partial charge >= 0.3 is 5.97 Å². The Balaban J connectivity index is 2.99. The highest BCUT2D eigenvalue weighted by Gasteiger charge is 2.09. The van der Waals surface area contributed by atoms with Crippen molar-refractivity contribution in [2.24, 2.45) is 0 Å². The molecule has 1 aromatic carbocycles. The van der Waals surface area contributed by atoms with Crippen molar-refractivity contribution in [1.82, 2.24) is 0 Å². The Hall–Kier alpha value is -1.83. The third-order valence-corrected chi connectivity index (χ3v) is 1.79. The minimum atomic E-state index is -0.377. The molecule has 2 heteroatoms. The zero-order valence-corrected chi connectivity index (χ0v) is 7.90. The van der Waals surface area contributed by atoms with E-state index >= 15 is 0 Å². The van der Waals surface area contributed by atoms with Crippen LogP contribution < -0.4 is 0 Å². The van der Waals surface area contributed by atoms with Crippen LogP contribution in [-0.4, -0.2) is 5.97 Å². The maximum absolute atomic E-state index is 11.4. The molecule has 72 valence electrons. The van der Waals surface area contributed by atoms with Gasteiger partial charge in [0.1, 0.15) is 0 Å². The van der Waals surface area contributed by atoms with E-state index < -0.39 is 0 Å². The van der Waals surface area contributed by atoms with E-state index in [0.29, 0.717) is 12.0 Å². The number of esters is 1. The minimum absolute atomic E-state index is 0.377. The summed E-state index contributed by atoms with van der Waals surface area (Å²) in [5.74, 6) is -0.377. The van der Waals surface area contributed by atoms with Crippen molar-refractivity contribution in [2.45, 2.75) is 6.42 Å². The number of hydrogen-bond acceptors (Lipinski definition) is 2. The van der Waals surface area contributed by atoms with Gasteiger partial charge in [-0.1, -0.05) is 30.9 Å². The van der Waals surface area contributed by atoms with Crippen LogP contribution in [0.2, 0.25) is 0 Å². The summed E-state index contributed by atoms with van der Waals surface area (Å²) in [7, 11) is 0. The summed E-state index contributed by atoms with van der Waals surface area (Å²) in [6, 6.07) is 7.28. The van der Waals surface area contributed by atoms with E-state index in [1.165, 1.54) is 0 Å². The second kappa shape index (κ2) is 5.02. The van der Waals surface area contributed by atoms with Crippen LogP contribution in [0.25, 0.3) is 0 Å². The van der Waals surface area contributed by atoms with Gasteiger partial charge in [-0.2, -0.15) is 0 Å². The van der Waals surface area contributed by atoms with Gasteiger partial charge in [0.25, 0.3) is 0 Å². The monoisotopic (exact) mass is 188 g/mol. The SMILES string of the molecule is C=CCc1ccccc1C(=O)OC=C. The van der Waals surface area contributed by atoms with E-state index in [1.54, 1.807) is 18.2 Å². The molecule has 0 amide bonds. The number of carbonyl (C=O) groups excluding carboxylic acids is 1. The molecule has 0 aliphatic carbocycles. The Morgan fingerprint density at radius 3 is 2.71 bits per heavy atom. The molecule has 0 aromatic heterocycles. The Morgan fingerprint density at radius 2 is 2.07 bits per heavy atom. The quantitative estimate of drug-likeness (QED) is 0.412. The molecule has 0 bridgehead atoms. The molecule has 0 saturated carbocycles. The van der Waals surface area contributed by atoms with Gasteiger partial charge in [-0.15, -0.1) is 6.58 Å². The Labute approximate surface area is 83.5 Å². The Kier molecular flexibility index (Phi) is 3.68. The van der Waals surface area contributed by atoms with Crippen LogP contribution in [0.4, 0.5) is 0 Å². The molecule has 1 aromatic rings. The lowest BCUT2D eigenvalue weighted by Gasteiger charge is -2.04. The highest BCUT2D eigenvalue weighted by Crippen LogP contribution is 2.11. The summed E-state index contributed by atoms with van der Waals surface area (Å²) in [4.78, 5) is 11.4. The highest BCUT2D eigenvalue weighted by molar-refractivity contribution is 5.91. The first kappa shape index (κ1) is 10.3. The zero-order valence-electron chi connectivity index (χ0n) is 7.90.